The number of urea groups is 1. The van der Waals surface area contributed by atoms with Gasteiger partial charge in [0.15, 0.2) is 0 Å². The summed E-state index contributed by atoms with van der Waals surface area (Å²) in [6.45, 7) is 14.5. The van der Waals surface area contributed by atoms with Crippen LogP contribution in [0.3, 0.4) is 0 Å². The number of benzene rings is 1. The van der Waals surface area contributed by atoms with Crippen LogP contribution in [0, 0.1) is 5.41 Å². The molecule has 1 aliphatic rings. The Morgan fingerprint density at radius 2 is 1.48 bits per heavy atom. The summed E-state index contributed by atoms with van der Waals surface area (Å²) in [5.41, 5.74) is 1.09. The summed E-state index contributed by atoms with van der Waals surface area (Å²) < 4.78 is 27.2. The van der Waals surface area contributed by atoms with Gasteiger partial charge in [-0.25, -0.2) is 13.2 Å². The molecule has 152 valence electrons. The van der Waals surface area contributed by atoms with Gasteiger partial charge in [-0.1, -0.05) is 53.7 Å². The lowest BCUT2D eigenvalue weighted by Gasteiger charge is -2.34. The van der Waals surface area contributed by atoms with Crippen molar-refractivity contribution in [3.8, 4) is 0 Å². The molecule has 0 unspecified atom stereocenters. The molecule has 0 bridgehead atoms. The maximum atomic E-state index is 12.9. The molecule has 0 radical (unpaired) electrons. The summed E-state index contributed by atoms with van der Waals surface area (Å²) in [5, 5.41) is 2.92. The Balaban J connectivity index is 1.99. The summed E-state index contributed by atoms with van der Waals surface area (Å²) in [6.07, 6.45) is 0. The SMILES string of the molecule is CC(C)(C)CNC(=O)N1CCN(S(=O)(=O)c2ccc(C(C)(C)C)cc2)CC1. The zero-order chi connectivity index (χ0) is 20.5. The standard InChI is InChI=1S/C20H33N3O3S/c1-19(2,3)15-21-18(24)22-11-13-23(14-12-22)27(25,26)17-9-7-16(8-10-17)20(4,5)6/h7-10H,11-15H2,1-6H3,(H,21,24). The number of nitrogens with zero attached hydrogens (tertiary/aromatic N) is 2. The van der Waals surface area contributed by atoms with Gasteiger partial charge >= 0.3 is 6.03 Å². The van der Waals surface area contributed by atoms with Crippen molar-refractivity contribution >= 4 is 16.1 Å². The van der Waals surface area contributed by atoms with E-state index in [0.717, 1.165) is 5.56 Å². The molecule has 2 rings (SSSR count). The zero-order valence-corrected chi connectivity index (χ0v) is 18.2. The van der Waals surface area contributed by atoms with Crippen molar-refractivity contribution in [2.24, 2.45) is 5.41 Å². The summed E-state index contributed by atoms with van der Waals surface area (Å²) in [7, 11) is -3.53. The predicted octanol–water partition coefficient (Wildman–Crippen LogP) is 3.05. The highest BCUT2D eigenvalue weighted by molar-refractivity contribution is 7.89. The molecule has 1 fully saturated rings. The highest BCUT2D eigenvalue weighted by atomic mass is 32.2. The Bertz CT molecular complexity index is 751. The second-order valence-corrected chi connectivity index (χ2v) is 11.3. The smallest absolute Gasteiger partial charge is 0.317 e. The Kier molecular flexibility index (Phi) is 6.26. The van der Waals surface area contributed by atoms with Crippen molar-refractivity contribution < 1.29 is 13.2 Å². The maximum Gasteiger partial charge on any atom is 0.317 e. The van der Waals surface area contributed by atoms with Crippen LogP contribution >= 0.6 is 0 Å². The van der Waals surface area contributed by atoms with Gasteiger partial charge in [-0.2, -0.15) is 4.31 Å². The molecule has 1 N–H and O–H groups in total. The van der Waals surface area contributed by atoms with E-state index in [4.69, 9.17) is 0 Å². The second-order valence-electron chi connectivity index (χ2n) is 9.38. The van der Waals surface area contributed by atoms with Gasteiger partial charge < -0.3 is 10.2 Å². The molecule has 6 nitrogen and oxygen atoms in total. The van der Waals surface area contributed by atoms with Gasteiger partial charge in [0.1, 0.15) is 0 Å². The summed E-state index contributed by atoms with van der Waals surface area (Å²) in [4.78, 5) is 14.2. The summed E-state index contributed by atoms with van der Waals surface area (Å²) in [6, 6.07) is 6.99. The van der Waals surface area contributed by atoms with Crippen LogP contribution in [-0.4, -0.2) is 56.4 Å². The number of hydrogen-bond acceptors (Lipinski definition) is 3. The van der Waals surface area contributed by atoms with Gasteiger partial charge in [0.05, 0.1) is 4.90 Å². The van der Waals surface area contributed by atoms with Gasteiger partial charge in [0.2, 0.25) is 10.0 Å². The van der Waals surface area contributed by atoms with Crippen molar-refractivity contribution in [2.75, 3.05) is 32.7 Å². The van der Waals surface area contributed by atoms with E-state index in [2.05, 4.69) is 46.9 Å². The molecule has 0 aliphatic carbocycles. The fourth-order valence-electron chi connectivity index (χ4n) is 2.86. The first-order chi connectivity index (χ1) is 12.3. The van der Waals surface area contributed by atoms with Crippen LogP contribution in [0.2, 0.25) is 0 Å². The van der Waals surface area contributed by atoms with Crippen LogP contribution < -0.4 is 5.32 Å². The average molecular weight is 396 g/mol. The first-order valence-corrected chi connectivity index (χ1v) is 10.9. The molecule has 1 saturated heterocycles. The molecule has 1 heterocycles. The van der Waals surface area contributed by atoms with E-state index < -0.39 is 10.0 Å². The molecule has 2 amide bonds. The fourth-order valence-corrected chi connectivity index (χ4v) is 4.28. The lowest BCUT2D eigenvalue weighted by molar-refractivity contribution is 0.169. The minimum atomic E-state index is -3.53. The van der Waals surface area contributed by atoms with Crippen molar-refractivity contribution in [1.29, 1.82) is 0 Å². The van der Waals surface area contributed by atoms with Crippen LogP contribution in [0.5, 0.6) is 0 Å². The van der Waals surface area contributed by atoms with E-state index in [1.54, 1.807) is 17.0 Å². The fraction of sp³-hybridized carbons (Fsp3) is 0.650. The van der Waals surface area contributed by atoms with Gasteiger partial charge in [-0.3, -0.25) is 0 Å². The number of amides is 2. The monoisotopic (exact) mass is 395 g/mol. The van der Waals surface area contributed by atoms with Crippen molar-refractivity contribution in [2.45, 2.75) is 51.9 Å². The van der Waals surface area contributed by atoms with E-state index in [0.29, 0.717) is 37.6 Å². The lowest BCUT2D eigenvalue weighted by Crippen LogP contribution is -2.53. The molecule has 0 atom stereocenters. The average Bonchev–Trinajstić information content (AvgIpc) is 2.58. The van der Waals surface area contributed by atoms with Gasteiger partial charge in [0.25, 0.3) is 0 Å². The minimum Gasteiger partial charge on any atom is -0.337 e. The third kappa shape index (κ3) is 5.69. The van der Waals surface area contributed by atoms with E-state index in [-0.39, 0.29) is 16.9 Å². The Labute approximate surface area is 164 Å². The van der Waals surface area contributed by atoms with Gasteiger partial charge in [-0.15, -0.1) is 0 Å². The normalized spacial score (nSPS) is 17.0. The topological polar surface area (TPSA) is 69.7 Å². The number of piperazine rings is 1. The van der Waals surface area contributed by atoms with Crippen molar-refractivity contribution in [3.05, 3.63) is 29.8 Å². The highest BCUT2D eigenvalue weighted by Crippen LogP contribution is 2.25. The highest BCUT2D eigenvalue weighted by Gasteiger charge is 2.30. The largest absolute Gasteiger partial charge is 0.337 e. The summed E-state index contributed by atoms with van der Waals surface area (Å²) >= 11 is 0. The van der Waals surface area contributed by atoms with Gasteiger partial charge in [0, 0.05) is 32.7 Å². The molecule has 0 saturated carbocycles. The molecule has 0 aromatic heterocycles. The third-order valence-corrected chi connectivity index (χ3v) is 6.57. The van der Waals surface area contributed by atoms with E-state index in [9.17, 15) is 13.2 Å². The quantitative estimate of drug-likeness (QED) is 0.855. The van der Waals surface area contributed by atoms with Crippen LogP contribution in [0.1, 0.15) is 47.1 Å². The molecule has 1 aromatic carbocycles. The Hall–Kier alpha value is -1.60. The van der Waals surface area contributed by atoms with Crippen LogP contribution in [0.15, 0.2) is 29.2 Å². The molecule has 1 aromatic rings. The number of nitrogens with one attached hydrogen (secondary N) is 1. The molecule has 7 heteroatoms. The van der Waals surface area contributed by atoms with Crippen LogP contribution in [0.25, 0.3) is 0 Å². The first kappa shape index (κ1) is 21.7. The molecule has 27 heavy (non-hydrogen) atoms. The van der Waals surface area contributed by atoms with Crippen LogP contribution in [0.4, 0.5) is 4.79 Å². The summed E-state index contributed by atoms with van der Waals surface area (Å²) in [5.74, 6) is 0. The van der Waals surface area contributed by atoms with E-state index >= 15 is 0 Å². The second kappa shape index (κ2) is 7.80. The molecule has 1 aliphatic heterocycles. The molecular weight excluding hydrogens is 362 g/mol. The molecule has 0 spiro atoms. The van der Waals surface area contributed by atoms with E-state index in [1.165, 1.54) is 4.31 Å². The maximum absolute atomic E-state index is 12.9. The number of carbonyl (C=O) groups is 1. The lowest BCUT2D eigenvalue weighted by atomic mass is 9.87. The molecular formula is C20H33N3O3S. The van der Waals surface area contributed by atoms with Crippen LogP contribution in [-0.2, 0) is 15.4 Å². The van der Waals surface area contributed by atoms with Gasteiger partial charge in [-0.05, 0) is 28.5 Å². The zero-order valence-electron chi connectivity index (χ0n) is 17.4. The Morgan fingerprint density at radius 1 is 0.963 bits per heavy atom. The third-order valence-electron chi connectivity index (χ3n) is 4.65. The number of sulfonamides is 1. The number of hydrogen-bond donors (Lipinski definition) is 1. The number of carbonyl (C=O) groups excluding carboxylic acids is 1. The van der Waals surface area contributed by atoms with E-state index in [1.807, 2.05) is 12.1 Å². The number of rotatable bonds is 3. The Morgan fingerprint density at radius 3 is 1.93 bits per heavy atom. The predicted molar refractivity (Wildman–Crippen MR) is 108 cm³/mol. The van der Waals surface area contributed by atoms with Crippen molar-refractivity contribution in [1.82, 2.24) is 14.5 Å². The van der Waals surface area contributed by atoms with Crippen molar-refractivity contribution in [3.63, 3.8) is 0 Å². The first-order valence-electron chi connectivity index (χ1n) is 9.44. The minimum absolute atomic E-state index is 0.0139.